The molecule has 0 saturated carbocycles. The van der Waals surface area contributed by atoms with Gasteiger partial charge in [-0.25, -0.2) is 13.9 Å². The molecule has 3 aliphatic heterocycles. The number of halogens is 1. The lowest BCUT2D eigenvalue weighted by atomic mass is 9.86. The standard InChI is InChI=1S/C31H25FN8O/c1-3-19-8-20(4-6-28(19)32)31(41)40-25-10-26(40)18-38(17-25)29-7-5-21(14-36-29)27-9-22(23(11-33)13-35-2)16-39-30(27)24(12-34)15-37-39/h1,4-9,11,13-16,25-26H,10,17-18,33H2,2H3/p+1. The summed E-state index contributed by atoms with van der Waals surface area (Å²) in [7, 11) is 1.68. The van der Waals surface area contributed by atoms with Crippen LogP contribution in [0.3, 0.4) is 0 Å². The maximum absolute atomic E-state index is 13.8. The molecule has 2 unspecified atom stereocenters. The summed E-state index contributed by atoms with van der Waals surface area (Å²) >= 11 is 0. The molecular weight excluding hydrogens is 519 g/mol. The van der Waals surface area contributed by atoms with Gasteiger partial charge in [0.05, 0.1) is 29.4 Å². The fourth-order valence-electron chi connectivity index (χ4n) is 5.72. The second-order valence-electron chi connectivity index (χ2n) is 10.0. The lowest BCUT2D eigenvalue weighted by Crippen LogP contribution is -2.70. The van der Waals surface area contributed by atoms with E-state index >= 15 is 0 Å². The van der Waals surface area contributed by atoms with Crippen LogP contribution in [0.15, 0.2) is 66.2 Å². The topological polar surface area (TPSA) is 116 Å². The Balaban J connectivity index is 1.25. The molecule has 0 aliphatic carbocycles. The predicted molar refractivity (Wildman–Crippen MR) is 154 cm³/mol. The molecule has 3 saturated heterocycles. The van der Waals surface area contributed by atoms with E-state index in [4.69, 9.17) is 22.4 Å². The minimum atomic E-state index is -0.507. The second-order valence-corrected chi connectivity index (χ2v) is 10.0. The number of piperazine rings is 1. The van der Waals surface area contributed by atoms with E-state index in [1.54, 1.807) is 30.2 Å². The minimum absolute atomic E-state index is 0.0394. The van der Waals surface area contributed by atoms with Crippen molar-refractivity contribution in [1.29, 1.82) is 0 Å². The molecule has 4 aromatic rings. The highest BCUT2D eigenvalue weighted by molar-refractivity contribution is 6.10. The zero-order valence-corrected chi connectivity index (χ0v) is 22.3. The van der Waals surface area contributed by atoms with Crippen molar-refractivity contribution in [2.24, 2.45) is 10.7 Å². The van der Waals surface area contributed by atoms with Crippen molar-refractivity contribution in [3.8, 4) is 29.5 Å². The van der Waals surface area contributed by atoms with E-state index in [1.165, 1.54) is 24.4 Å². The number of amides is 1. The number of carbonyl (C=O) groups excluding carboxylic acids is 1. The third kappa shape index (κ3) is 4.36. The number of nitrogens with two attached hydrogens (primary N) is 1. The number of terminal acetylenes is 1. The van der Waals surface area contributed by atoms with Crippen LogP contribution in [0.25, 0.3) is 22.2 Å². The molecule has 0 radical (unpaired) electrons. The lowest BCUT2D eigenvalue weighted by molar-refractivity contribution is -0.0908. The highest BCUT2D eigenvalue weighted by atomic mass is 19.1. The summed E-state index contributed by atoms with van der Waals surface area (Å²) in [6, 6.07) is 12.7. The Labute approximate surface area is 236 Å². The van der Waals surface area contributed by atoms with Gasteiger partial charge in [0.15, 0.2) is 0 Å². The Morgan fingerprint density at radius 2 is 1.98 bits per heavy atom. The van der Waals surface area contributed by atoms with Crippen LogP contribution in [-0.2, 0) is 0 Å². The first kappa shape index (κ1) is 25.8. The smallest absolute Gasteiger partial charge is 0.312 e. The maximum Gasteiger partial charge on any atom is 0.312 e. The Hall–Kier alpha value is -5.48. The lowest BCUT2D eigenvalue weighted by Gasteiger charge is -2.56. The number of allylic oxidation sites excluding steroid dienone is 1. The van der Waals surface area contributed by atoms with E-state index in [0.717, 1.165) is 40.0 Å². The highest BCUT2D eigenvalue weighted by Crippen LogP contribution is 2.36. The van der Waals surface area contributed by atoms with Crippen LogP contribution in [0.5, 0.6) is 0 Å². The largest absolute Gasteiger partial charge is 0.404 e. The third-order valence-electron chi connectivity index (χ3n) is 7.71. The number of anilines is 1. The van der Waals surface area contributed by atoms with Gasteiger partial charge < -0.3 is 15.5 Å². The summed E-state index contributed by atoms with van der Waals surface area (Å²) in [6.07, 6.45) is 14.7. The number of rotatable bonds is 5. The molecule has 3 fully saturated rings. The van der Waals surface area contributed by atoms with Crippen LogP contribution in [0.4, 0.5) is 10.2 Å². The van der Waals surface area contributed by atoms with Crippen LogP contribution in [0.1, 0.15) is 33.5 Å². The van der Waals surface area contributed by atoms with Crippen molar-refractivity contribution in [3.63, 3.8) is 0 Å². The van der Waals surface area contributed by atoms with E-state index in [9.17, 15) is 9.18 Å². The SMILES string of the molecule is C#Cc1cc(C(=O)N2C3CC2CN(c2ccc(-c4cc(C(C=NC)=CN)cn5ncc(C#[NH+])c45)cn2)C3)ccc1F. The number of benzene rings is 1. The molecule has 3 N–H and O–H groups in total. The van der Waals surface area contributed by atoms with Crippen LogP contribution >= 0.6 is 0 Å². The number of piperidine rings is 1. The highest BCUT2D eigenvalue weighted by Gasteiger charge is 2.47. The van der Waals surface area contributed by atoms with Crippen molar-refractivity contribution in [2.45, 2.75) is 18.5 Å². The van der Waals surface area contributed by atoms with Crippen LogP contribution in [0, 0.1) is 24.2 Å². The van der Waals surface area contributed by atoms with Gasteiger partial charge in [-0.05, 0) is 42.8 Å². The van der Waals surface area contributed by atoms with E-state index < -0.39 is 5.82 Å². The number of nitrogens with one attached hydrogen (secondary N) is 1. The van der Waals surface area contributed by atoms with Gasteiger partial charge in [0.2, 0.25) is 0 Å². The van der Waals surface area contributed by atoms with Crippen molar-refractivity contribution in [2.75, 3.05) is 25.0 Å². The molecule has 202 valence electrons. The molecule has 7 rings (SSSR count). The molecule has 3 aliphatic rings. The average Bonchev–Trinajstić information content (AvgIpc) is 3.43. The normalized spacial score (nSPS) is 18.3. The fourth-order valence-corrected chi connectivity index (χ4v) is 5.72. The molecule has 1 aromatic carbocycles. The van der Waals surface area contributed by atoms with Gasteiger partial charge in [-0.3, -0.25) is 9.79 Å². The molecule has 2 atom stereocenters. The molecular formula is C31H26FN8O+. The van der Waals surface area contributed by atoms with Crippen molar-refractivity contribution < 1.29 is 14.4 Å². The van der Waals surface area contributed by atoms with E-state index in [1.807, 2.05) is 29.3 Å². The number of aliphatic imine (C=N–C) groups is 1. The number of pyridine rings is 2. The number of carbonyl (C=O) groups is 1. The van der Waals surface area contributed by atoms with Gasteiger partial charge in [0.25, 0.3) is 5.91 Å². The maximum atomic E-state index is 13.8. The molecule has 41 heavy (non-hydrogen) atoms. The molecule has 2 bridgehead atoms. The van der Waals surface area contributed by atoms with Gasteiger partial charge in [0.1, 0.15) is 17.2 Å². The summed E-state index contributed by atoms with van der Waals surface area (Å²) in [5.74, 6) is 2.47. The van der Waals surface area contributed by atoms with E-state index in [-0.39, 0.29) is 23.6 Å². The Morgan fingerprint density at radius 3 is 2.63 bits per heavy atom. The predicted octanol–water partition coefficient (Wildman–Crippen LogP) is 1.74. The molecule has 3 aromatic heterocycles. The van der Waals surface area contributed by atoms with Crippen molar-refractivity contribution in [3.05, 3.63) is 89.3 Å². The Kier molecular flexibility index (Phi) is 6.44. The first-order valence-electron chi connectivity index (χ1n) is 13.0. The number of aromatic nitrogens is 3. The van der Waals surface area contributed by atoms with Gasteiger partial charge >= 0.3 is 6.07 Å². The summed E-state index contributed by atoms with van der Waals surface area (Å²) in [5, 5.41) is 12.1. The van der Waals surface area contributed by atoms with E-state index in [0.29, 0.717) is 24.2 Å². The second kappa shape index (κ2) is 10.2. The quantitative estimate of drug-likeness (QED) is 0.293. The van der Waals surface area contributed by atoms with E-state index in [2.05, 4.69) is 27.0 Å². The zero-order valence-electron chi connectivity index (χ0n) is 22.3. The summed E-state index contributed by atoms with van der Waals surface area (Å²) in [6.45, 7) is 1.29. The number of hydrogen-bond donors (Lipinski definition) is 2. The van der Waals surface area contributed by atoms with Crippen molar-refractivity contribution in [1.82, 2.24) is 19.5 Å². The zero-order chi connectivity index (χ0) is 28.7. The molecule has 9 nitrogen and oxygen atoms in total. The molecule has 0 spiro atoms. The Bertz CT molecular complexity index is 1810. The van der Waals surface area contributed by atoms with Crippen LogP contribution in [0.2, 0.25) is 0 Å². The van der Waals surface area contributed by atoms with Gasteiger partial charge in [0, 0.05) is 72.8 Å². The number of hydrogen-bond acceptors (Lipinski definition) is 6. The minimum Gasteiger partial charge on any atom is -0.404 e. The molecule has 1 amide bonds. The first-order valence-corrected chi connectivity index (χ1v) is 13.0. The van der Waals surface area contributed by atoms with Gasteiger partial charge in [-0.15, -0.1) is 6.42 Å². The van der Waals surface area contributed by atoms with Gasteiger partial charge in [-0.1, -0.05) is 11.2 Å². The summed E-state index contributed by atoms with van der Waals surface area (Å²) < 4.78 is 15.5. The number of nitrogens with zero attached hydrogens (tertiary/aromatic N) is 6. The van der Waals surface area contributed by atoms with Crippen LogP contribution in [-0.4, -0.2) is 63.8 Å². The number of fused-ring (bicyclic) bond motifs is 3. The molecule has 6 heterocycles. The average molecular weight is 546 g/mol. The third-order valence-corrected chi connectivity index (χ3v) is 7.71. The fraction of sp³-hybridized carbons (Fsp3) is 0.194. The van der Waals surface area contributed by atoms with Gasteiger partial charge in [-0.2, -0.15) is 5.10 Å². The Morgan fingerprint density at radius 1 is 1.17 bits per heavy atom. The van der Waals surface area contributed by atoms with Crippen molar-refractivity contribution >= 4 is 29.0 Å². The summed E-state index contributed by atoms with van der Waals surface area (Å²) in [4.78, 5) is 26.1. The van der Waals surface area contributed by atoms with Crippen LogP contribution < -0.4 is 15.9 Å². The monoisotopic (exact) mass is 545 g/mol. The molecule has 10 heteroatoms. The first-order chi connectivity index (χ1) is 19.9. The summed E-state index contributed by atoms with van der Waals surface area (Å²) in [5.41, 5.74) is 10.9.